The van der Waals surface area contributed by atoms with Crippen LogP contribution in [0.15, 0.2) is 12.5 Å². The smallest absolute Gasteiger partial charge is 0.163 e. The van der Waals surface area contributed by atoms with E-state index in [4.69, 9.17) is 4.74 Å². The predicted octanol–water partition coefficient (Wildman–Crippen LogP) is 0.588. The third-order valence-electron chi connectivity index (χ3n) is 3.05. The lowest BCUT2D eigenvalue weighted by Gasteiger charge is -2.32. The summed E-state index contributed by atoms with van der Waals surface area (Å²) in [7, 11) is 1.89. The van der Waals surface area contributed by atoms with Crippen LogP contribution in [0.25, 0.3) is 11.0 Å². The van der Waals surface area contributed by atoms with Gasteiger partial charge in [-0.2, -0.15) is 5.10 Å². The van der Waals surface area contributed by atoms with Gasteiger partial charge in [-0.05, 0) is 6.92 Å². The molecule has 0 amide bonds. The molecule has 2 aromatic heterocycles. The van der Waals surface area contributed by atoms with Gasteiger partial charge in [0.15, 0.2) is 5.65 Å². The standard InChI is InChI=1S/C11H15N5O/c1-8-6-16(3-4-17-8)11-9-5-14-15(2)10(9)12-7-13-11/h5,7-8H,3-4,6H2,1-2H3. The minimum atomic E-state index is 0.241. The van der Waals surface area contributed by atoms with Crippen LogP contribution in [0.5, 0.6) is 0 Å². The highest BCUT2D eigenvalue weighted by Crippen LogP contribution is 2.23. The van der Waals surface area contributed by atoms with Gasteiger partial charge in [0.1, 0.15) is 12.1 Å². The summed E-state index contributed by atoms with van der Waals surface area (Å²) in [5, 5.41) is 5.23. The van der Waals surface area contributed by atoms with Gasteiger partial charge in [-0.1, -0.05) is 0 Å². The summed E-state index contributed by atoms with van der Waals surface area (Å²) in [5.41, 5.74) is 0.870. The van der Waals surface area contributed by atoms with E-state index < -0.39 is 0 Å². The van der Waals surface area contributed by atoms with E-state index in [1.54, 1.807) is 11.0 Å². The molecule has 1 saturated heterocycles. The second kappa shape index (κ2) is 3.96. The maximum atomic E-state index is 5.54. The molecule has 2 aromatic rings. The van der Waals surface area contributed by atoms with Gasteiger partial charge in [-0.3, -0.25) is 4.68 Å². The Morgan fingerprint density at radius 3 is 3.12 bits per heavy atom. The van der Waals surface area contributed by atoms with Gasteiger partial charge in [0.05, 0.1) is 24.3 Å². The summed E-state index contributed by atoms with van der Waals surface area (Å²) in [6.45, 7) is 4.55. The summed E-state index contributed by atoms with van der Waals surface area (Å²) in [4.78, 5) is 10.9. The molecule has 6 heteroatoms. The van der Waals surface area contributed by atoms with Gasteiger partial charge in [0.2, 0.25) is 0 Å². The zero-order valence-corrected chi connectivity index (χ0v) is 10.00. The predicted molar refractivity (Wildman–Crippen MR) is 63.9 cm³/mol. The Morgan fingerprint density at radius 2 is 2.29 bits per heavy atom. The molecule has 3 rings (SSSR count). The van der Waals surface area contributed by atoms with Crippen LogP contribution in [0.4, 0.5) is 5.82 Å². The average molecular weight is 233 g/mol. The van der Waals surface area contributed by atoms with Crippen LogP contribution in [0.2, 0.25) is 0 Å². The largest absolute Gasteiger partial charge is 0.375 e. The number of nitrogens with zero attached hydrogens (tertiary/aromatic N) is 5. The normalized spacial score (nSPS) is 21.1. The highest BCUT2D eigenvalue weighted by molar-refractivity contribution is 5.86. The third-order valence-corrected chi connectivity index (χ3v) is 3.05. The van der Waals surface area contributed by atoms with Crippen LogP contribution < -0.4 is 4.90 Å². The molecule has 1 fully saturated rings. The molecule has 0 saturated carbocycles. The molecule has 1 atom stereocenters. The van der Waals surface area contributed by atoms with Gasteiger partial charge in [0, 0.05) is 20.1 Å². The fraction of sp³-hybridized carbons (Fsp3) is 0.545. The van der Waals surface area contributed by atoms with E-state index in [9.17, 15) is 0 Å². The van der Waals surface area contributed by atoms with Crippen molar-refractivity contribution < 1.29 is 4.74 Å². The fourth-order valence-corrected chi connectivity index (χ4v) is 2.21. The average Bonchev–Trinajstić information content (AvgIpc) is 2.71. The maximum absolute atomic E-state index is 5.54. The van der Waals surface area contributed by atoms with Gasteiger partial charge in [-0.25, -0.2) is 9.97 Å². The van der Waals surface area contributed by atoms with Crippen molar-refractivity contribution >= 4 is 16.9 Å². The van der Waals surface area contributed by atoms with Crippen LogP contribution in [-0.2, 0) is 11.8 Å². The van der Waals surface area contributed by atoms with Gasteiger partial charge < -0.3 is 9.64 Å². The quantitative estimate of drug-likeness (QED) is 0.721. The van der Waals surface area contributed by atoms with Crippen LogP contribution in [-0.4, -0.2) is 45.5 Å². The van der Waals surface area contributed by atoms with E-state index in [2.05, 4.69) is 26.9 Å². The fourth-order valence-electron chi connectivity index (χ4n) is 2.21. The van der Waals surface area contributed by atoms with E-state index >= 15 is 0 Å². The first-order valence-electron chi connectivity index (χ1n) is 5.75. The number of morpholine rings is 1. The summed E-state index contributed by atoms with van der Waals surface area (Å²) in [6.07, 6.45) is 3.66. The highest BCUT2D eigenvalue weighted by atomic mass is 16.5. The van der Waals surface area contributed by atoms with Crippen LogP contribution in [0.3, 0.4) is 0 Å². The molecule has 0 spiro atoms. The Balaban J connectivity index is 2.04. The molecule has 1 aliphatic rings. The van der Waals surface area contributed by atoms with Crippen LogP contribution in [0, 0.1) is 0 Å². The Morgan fingerprint density at radius 1 is 1.41 bits per heavy atom. The van der Waals surface area contributed by atoms with E-state index in [-0.39, 0.29) is 6.10 Å². The number of aromatic nitrogens is 4. The lowest BCUT2D eigenvalue weighted by atomic mass is 10.2. The first-order valence-corrected chi connectivity index (χ1v) is 5.75. The van der Waals surface area contributed by atoms with Crippen molar-refractivity contribution in [3.63, 3.8) is 0 Å². The maximum Gasteiger partial charge on any atom is 0.163 e. The summed E-state index contributed by atoms with van der Waals surface area (Å²) in [5.74, 6) is 0.957. The molecule has 0 N–H and O–H groups in total. The summed E-state index contributed by atoms with van der Waals surface area (Å²) in [6, 6.07) is 0. The Labute approximate surface area is 99.2 Å². The van der Waals surface area contributed by atoms with Crippen LogP contribution >= 0.6 is 0 Å². The van der Waals surface area contributed by atoms with Crippen molar-refractivity contribution in [3.05, 3.63) is 12.5 Å². The van der Waals surface area contributed by atoms with Crippen molar-refractivity contribution in [2.45, 2.75) is 13.0 Å². The second-order valence-corrected chi connectivity index (χ2v) is 4.33. The minimum absolute atomic E-state index is 0.241. The summed E-state index contributed by atoms with van der Waals surface area (Å²) >= 11 is 0. The molecule has 17 heavy (non-hydrogen) atoms. The van der Waals surface area contributed by atoms with Crippen molar-refractivity contribution in [2.75, 3.05) is 24.6 Å². The summed E-state index contributed by atoms with van der Waals surface area (Å²) < 4.78 is 7.31. The lowest BCUT2D eigenvalue weighted by molar-refractivity contribution is 0.0530. The van der Waals surface area contributed by atoms with Gasteiger partial charge in [0.25, 0.3) is 0 Å². The monoisotopic (exact) mass is 233 g/mol. The molecule has 0 radical (unpaired) electrons. The highest BCUT2D eigenvalue weighted by Gasteiger charge is 2.20. The molecule has 3 heterocycles. The van der Waals surface area contributed by atoms with Crippen molar-refractivity contribution in [2.24, 2.45) is 7.05 Å². The van der Waals surface area contributed by atoms with Crippen LogP contribution in [0.1, 0.15) is 6.92 Å². The van der Waals surface area contributed by atoms with E-state index in [0.717, 1.165) is 36.5 Å². The number of rotatable bonds is 1. The Kier molecular flexibility index (Phi) is 2.44. The number of ether oxygens (including phenoxy) is 1. The van der Waals surface area contributed by atoms with E-state index in [1.807, 2.05) is 13.2 Å². The zero-order chi connectivity index (χ0) is 11.8. The Bertz CT molecular complexity index is 538. The number of anilines is 1. The van der Waals surface area contributed by atoms with E-state index in [1.165, 1.54) is 0 Å². The molecule has 6 nitrogen and oxygen atoms in total. The molecular weight excluding hydrogens is 218 g/mol. The molecule has 0 aliphatic carbocycles. The number of aryl methyl sites for hydroxylation is 1. The molecule has 1 aliphatic heterocycles. The molecule has 0 bridgehead atoms. The molecule has 1 unspecified atom stereocenters. The number of hydrogen-bond acceptors (Lipinski definition) is 5. The van der Waals surface area contributed by atoms with E-state index in [0.29, 0.717) is 0 Å². The lowest BCUT2D eigenvalue weighted by Crippen LogP contribution is -2.41. The number of hydrogen-bond donors (Lipinski definition) is 0. The van der Waals surface area contributed by atoms with Gasteiger partial charge in [-0.15, -0.1) is 0 Å². The zero-order valence-electron chi connectivity index (χ0n) is 10.00. The third kappa shape index (κ3) is 1.74. The molecule has 0 aromatic carbocycles. The van der Waals surface area contributed by atoms with Crippen molar-refractivity contribution in [1.29, 1.82) is 0 Å². The molecular formula is C11H15N5O. The van der Waals surface area contributed by atoms with Gasteiger partial charge >= 0.3 is 0 Å². The first kappa shape index (κ1) is 10.5. The topological polar surface area (TPSA) is 56.1 Å². The number of fused-ring (bicyclic) bond motifs is 1. The van der Waals surface area contributed by atoms with Crippen molar-refractivity contribution in [3.8, 4) is 0 Å². The second-order valence-electron chi connectivity index (χ2n) is 4.33. The molecule has 90 valence electrons. The minimum Gasteiger partial charge on any atom is -0.375 e. The first-order chi connectivity index (χ1) is 8.25. The SMILES string of the molecule is CC1CN(c2ncnc3c2cnn3C)CCO1. The Hall–Kier alpha value is -1.69. The van der Waals surface area contributed by atoms with Crippen molar-refractivity contribution in [1.82, 2.24) is 19.7 Å².